The van der Waals surface area contributed by atoms with E-state index >= 15 is 0 Å². The quantitative estimate of drug-likeness (QED) is 0.716. The summed E-state index contributed by atoms with van der Waals surface area (Å²) in [6.45, 7) is 1.43. The van der Waals surface area contributed by atoms with Gasteiger partial charge in [-0.15, -0.1) is 0 Å². The number of ether oxygens (including phenoxy) is 1. The topological polar surface area (TPSA) is 97.7 Å². The number of hydrogen-bond donors (Lipinski definition) is 2. The monoisotopic (exact) mass is 370 g/mol. The van der Waals surface area contributed by atoms with Crippen LogP contribution in [0.15, 0.2) is 24.4 Å². The van der Waals surface area contributed by atoms with Gasteiger partial charge in [0.2, 0.25) is 0 Å². The molecule has 2 aromatic heterocycles. The van der Waals surface area contributed by atoms with E-state index in [2.05, 4.69) is 25.8 Å². The van der Waals surface area contributed by atoms with Crippen LogP contribution in [-0.2, 0) is 11.3 Å². The maximum atomic E-state index is 13.8. The third kappa shape index (κ3) is 3.08. The molecule has 0 radical (unpaired) electrons. The Morgan fingerprint density at radius 2 is 2.22 bits per heavy atom. The molecule has 8 nitrogen and oxygen atoms in total. The molecule has 140 valence electrons. The molecule has 1 saturated carbocycles. The lowest BCUT2D eigenvalue weighted by molar-refractivity contribution is 0.0787. The first-order valence-electron chi connectivity index (χ1n) is 9.13. The molecule has 1 aromatic carbocycles. The van der Waals surface area contributed by atoms with Crippen LogP contribution >= 0.6 is 0 Å². The van der Waals surface area contributed by atoms with Crippen molar-refractivity contribution in [3.63, 3.8) is 0 Å². The number of aromatic amines is 1. The Morgan fingerprint density at radius 3 is 3.07 bits per heavy atom. The van der Waals surface area contributed by atoms with Gasteiger partial charge in [0, 0.05) is 25.4 Å². The highest BCUT2D eigenvalue weighted by molar-refractivity contribution is 6.04. The van der Waals surface area contributed by atoms with Crippen molar-refractivity contribution in [2.75, 3.05) is 6.61 Å². The normalized spacial score (nSPS) is 22.4. The predicted octanol–water partition coefficient (Wildman–Crippen LogP) is 1.96. The Balaban J connectivity index is 1.38. The van der Waals surface area contributed by atoms with Crippen LogP contribution in [0.3, 0.4) is 0 Å². The first-order chi connectivity index (χ1) is 13.2. The van der Waals surface area contributed by atoms with Gasteiger partial charge in [-0.05, 0) is 37.3 Å². The Bertz CT molecular complexity index is 995. The minimum atomic E-state index is -0.525. The molecule has 2 N–H and O–H groups in total. The maximum absolute atomic E-state index is 13.8. The molecule has 1 amide bonds. The van der Waals surface area contributed by atoms with E-state index in [-0.39, 0.29) is 23.6 Å². The van der Waals surface area contributed by atoms with E-state index < -0.39 is 5.82 Å². The minimum Gasteiger partial charge on any atom is -0.370 e. The van der Waals surface area contributed by atoms with Crippen molar-refractivity contribution in [3.05, 3.63) is 41.5 Å². The van der Waals surface area contributed by atoms with Crippen LogP contribution in [0.2, 0.25) is 0 Å². The molecule has 3 aromatic rings. The van der Waals surface area contributed by atoms with E-state index in [4.69, 9.17) is 4.74 Å². The van der Waals surface area contributed by atoms with Crippen molar-refractivity contribution in [2.24, 2.45) is 5.92 Å². The van der Waals surface area contributed by atoms with E-state index in [1.807, 2.05) is 10.7 Å². The fourth-order valence-electron chi connectivity index (χ4n) is 3.65. The second kappa shape index (κ2) is 6.41. The lowest BCUT2D eigenvalue weighted by Crippen LogP contribution is -2.37. The van der Waals surface area contributed by atoms with Crippen LogP contribution in [0.4, 0.5) is 4.39 Å². The van der Waals surface area contributed by atoms with Gasteiger partial charge >= 0.3 is 0 Å². The summed E-state index contributed by atoms with van der Waals surface area (Å²) in [5.74, 6) is -0.226. The third-order valence-corrected chi connectivity index (χ3v) is 5.21. The number of halogens is 1. The highest BCUT2D eigenvalue weighted by atomic mass is 19.1. The van der Waals surface area contributed by atoms with Crippen molar-refractivity contribution in [2.45, 2.75) is 38.0 Å². The average Bonchev–Trinajstić information content (AvgIpc) is 3.02. The summed E-state index contributed by atoms with van der Waals surface area (Å²) in [4.78, 5) is 12.8. The maximum Gasteiger partial charge on any atom is 0.254 e. The summed E-state index contributed by atoms with van der Waals surface area (Å²) < 4.78 is 21.7. The zero-order valence-electron chi connectivity index (χ0n) is 14.6. The lowest BCUT2D eigenvalue weighted by atomic mass is 10.1. The molecule has 1 aliphatic carbocycles. The number of carbonyl (C=O) groups is 1. The largest absolute Gasteiger partial charge is 0.370 e. The number of H-pyrrole nitrogens is 1. The van der Waals surface area contributed by atoms with Crippen molar-refractivity contribution in [1.82, 2.24) is 30.5 Å². The van der Waals surface area contributed by atoms with Crippen LogP contribution in [-0.4, -0.2) is 43.7 Å². The van der Waals surface area contributed by atoms with Gasteiger partial charge in [-0.3, -0.25) is 9.48 Å². The standard InChI is InChI=1S/C18H19FN6O2/c19-11-7-12(16-14(8-11)22-24-23-16)18(26)21-13-4-6-27-17(13)15-3-5-20-25(15)9-10-1-2-10/h3,5,7-8,10,13,17H,1-2,4,6,9H2,(H,21,26)(H,22,23,24)/t13-,17-/m1/s1. The van der Waals surface area contributed by atoms with E-state index in [1.165, 1.54) is 25.0 Å². The van der Waals surface area contributed by atoms with Crippen molar-refractivity contribution >= 4 is 16.9 Å². The molecule has 3 heterocycles. The summed E-state index contributed by atoms with van der Waals surface area (Å²) in [5.41, 5.74) is 1.80. The van der Waals surface area contributed by atoms with Gasteiger partial charge in [-0.2, -0.15) is 20.5 Å². The van der Waals surface area contributed by atoms with Gasteiger partial charge in [0.15, 0.2) is 0 Å². The van der Waals surface area contributed by atoms with Gasteiger partial charge in [-0.25, -0.2) is 4.39 Å². The number of fused-ring (bicyclic) bond motifs is 1. The number of benzene rings is 1. The zero-order valence-corrected chi connectivity index (χ0v) is 14.6. The highest BCUT2D eigenvalue weighted by Crippen LogP contribution is 2.34. The molecule has 2 atom stereocenters. The Hall–Kier alpha value is -2.81. The van der Waals surface area contributed by atoms with Crippen LogP contribution in [0.5, 0.6) is 0 Å². The zero-order chi connectivity index (χ0) is 18.4. The van der Waals surface area contributed by atoms with E-state index in [1.54, 1.807) is 6.20 Å². The van der Waals surface area contributed by atoms with Crippen LogP contribution < -0.4 is 5.32 Å². The van der Waals surface area contributed by atoms with E-state index in [0.29, 0.717) is 30.0 Å². The molecule has 0 unspecified atom stereocenters. The fourth-order valence-corrected chi connectivity index (χ4v) is 3.65. The second-order valence-electron chi connectivity index (χ2n) is 7.19. The van der Waals surface area contributed by atoms with Crippen molar-refractivity contribution < 1.29 is 13.9 Å². The number of hydrogen-bond acceptors (Lipinski definition) is 5. The van der Waals surface area contributed by atoms with Crippen molar-refractivity contribution in [3.8, 4) is 0 Å². The number of rotatable bonds is 5. The molecule has 1 aliphatic heterocycles. The summed E-state index contributed by atoms with van der Waals surface area (Å²) in [6.07, 6.45) is 4.65. The average molecular weight is 370 g/mol. The number of aromatic nitrogens is 5. The van der Waals surface area contributed by atoms with E-state index in [9.17, 15) is 9.18 Å². The summed E-state index contributed by atoms with van der Waals surface area (Å²) in [7, 11) is 0. The Kier molecular flexibility index (Phi) is 3.89. The van der Waals surface area contributed by atoms with Crippen LogP contribution in [0, 0.1) is 11.7 Å². The van der Waals surface area contributed by atoms with Crippen molar-refractivity contribution in [1.29, 1.82) is 0 Å². The molecule has 1 saturated heterocycles. The Labute approximate surface area is 154 Å². The smallest absolute Gasteiger partial charge is 0.254 e. The number of amides is 1. The Morgan fingerprint density at radius 1 is 1.33 bits per heavy atom. The fraction of sp³-hybridized carbons (Fsp3) is 0.444. The molecule has 9 heteroatoms. The van der Waals surface area contributed by atoms with Gasteiger partial charge in [0.25, 0.3) is 5.91 Å². The highest BCUT2D eigenvalue weighted by Gasteiger charge is 2.35. The molecule has 5 rings (SSSR count). The summed E-state index contributed by atoms with van der Waals surface area (Å²) in [5, 5.41) is 17.7. The van der Waals surface area contributed by atoms with Gasteiger partial charge < -0.3 is 10.1 Å². The predicted molar refractivity (Wildman–Crippen MR) is 93.4 cm³/mol. The number of nitrogens with zero attached hydrogens (tertiary/aromatic N) is 4. The minimum absolute atomic E-state index is 0.163. The second-order valence-corrected chi connectivity index (χ2v) is 7.19. The first-order valence-corrected chi connectivity index (χ1v) is 9.13. The number of carbonyl (C=O) groups excluding carboxylic acids is 1. The molecule has 0 spiro atoms. The van der Waals surface area contributed by atoms with Gasteiger partial charge in [-0.1, -0.05) is 0 Å². The van der Waals surface area contributed by atoms with Crippen LogP contribution in [0.25, 0.3) is 11.0 Å². The first kappa shape index (κ1) is 16.4. The van der Waals surface area contributed by atoms with Crippen LogP contribution in [0.1, 0.15) is 41.4 Å². The molecular formula is C18H19FN6O2. The number of nitrogens with one attached hydrogen (secondary N) is 2. The molecule has 2 aliphatic rings. The molecule has 0 bridgehead atoms. The molecule has 27 heavy (non-hydrogen) atoms. The van der Waals surface area contributed by atoms with E-state index in [0.717, 1.165) is 12.2 Å². The van der Waals surface area contributed by atoms with Gasteiger partial charge in [0.05, 0.1) is 17.3 Å². The summed E-state index contributed by atoms with van der Waals surface area (Å²) in [6, 6.07) is 4.16. The van der Waals surface area contributed by atoms with Gasteiger partial charge in [0.1, 0.15) is 23.0 Å². The third-order valence-electron chi connectivity index (χ3n) is 5.21. The molecular weight excluding hydrogens is 351 g/mol. The lowest BCUT2D eigenvalue weighted by Gasteiger charge is -2.21. The summed E-state index contributed by atoms with van der Waals surface area (Å²) >= 11 is 0. The SMILES string of the molecule is O=C(N[C@@H]1CCO[C@H]1c1ccnn1CC1CC1)c1cc(F)cc2n[nH]nc12. The molecule has 2 fully saturated rings.